The second-order valence-electron chi connectivity index (χ2n) is 11.3. The molecule has 1 aromatic heterocycles. The van der Waals surface area contributed by atoms with Crippen LogP contribution in [-0.4, -0.2) is 79.5 Å². The van der Waals surface area contributed by atoms with Crippen LogP contribution < -0.4 is 24.8 Å². The first-order valence-electron chi connectivity index (χ1n) is 15.2. The molecule has 0 spiro atoms. The first kappa shape index (κ1) is 31.1. The SMILES string of the molecule is COCCc1noc(CN2CC[C@H]3Oc4ccc(cc4)CNC(=O)COc4cccc(c4)-c4cc(ccc4OC)C(=O)N[C@@H]3C2)n1. The van der Waals surface area contributed by atoms with Crippen molar-refractivity contribution in [3.05, 3.63) is 89.6 Å². The summed E-state index contributed by atoms with van der Waals surface area (Å²) in [6.45, 7) is 2.40. The molecule has 46 heavy (non-hydrogen) atoms. The van der Waals surface area contributed by atoms with E-state index in [1.807, 2.05) is 42.5 Å². The summed E-state index contributed by atoms with van der Waals surface area (Å²) < 4.78 is 28.5. The van der Waals surface area contributed by atoms with E-state index < -0.39 is 0 Å². The van der Waals surface area contributed by atoms with Gasteiger partial charge in [0.1, 0.15) is 23.4 Å². The van der Waals surface area contributed by atoms with Crippen molar-refractivity contribution >= 4 is 11.8 Å². The van der Waals surface area contributed by atoms with Gasteiger partial charge in [-0.05, 0) is 60.0 Å². The number of methoxy groups -OCH3 is 2. The van der Waals surface area contributed by atoms with Crippen molar-refractivity contribution in [1.29, 1.82) is 0 Å². The smallest absolute Gasteiger partial charge is 0.258 e. The Bertz CT molecular complexity index is 1660. The summed E-state index contributed by atoms with van der Waals surface area (Å²) in [6.07, 6.45) is 0.942. The van der Waals surface area contributed by atoms with E-state index in [1.54, 1.807) is 38.5 Å². The molecule has 240 valence electrons. The number of carbonyl (C=O) groups excluding carboxylic acids is 2. The molecule has 7 rings (SSSR count). The van der Waals surface area contributed by atoms with Crippen molar-refractivity contribution in [2.24, 2.45) is 0 Å². The summed E-state index contributed by atoms with van der Waals surface area (Å²) in [5.74, 6) is 2.44. The van der Waals surface area contributed by atoms with E-state index >= 15 is 0 Å². The van der Waals surface area contributed by atoms with Gasteiger partial charge in [0.2, 0.25) is 5.89 Å². The van der Waals surface area contributed by atoms with Crippen LogP contribution in [0.1, 0.15) is 34.1 Å². The average molecular weight is 628 g/mol. The Kier molecular flexibility index (Phi) is 9.75. The standard InChI is InChI=1S/C34H37N5O7/c1-42-15-13-31-37-33(46-38-31)20-39-14-12-30-28(19-39)36-34(41)24-8-11-29(43-2)27(17-24)23-4-3-5-26(16-23)44-21-32(40)35-18-22-6-9-25(45-30)10-7-22/h3-11,16-17,28,30H,12-15,18-21H2,1-2H3,(H,35,40)(H,36,41)/t28-,30-/m1/s1. The Morgan fingerprint density at radius 3 is 2.70 bits per heavy atom. The lowest BCUT2D eigenvalue weighted by Gasteiger charge is -2.38. The van der Waals surface area contributed by atoms with Crippen molar-refractivity contribution in [3.8, 4) is 28.4 Å². The number of carbonyl (C=O) groups is 2. The zero-order valence-corrected chi connectivity index (χ0v) is 25.9. The number of likely N-dealkylation sites (tertiary alicyclic amines) is 1. The lowest BCUT2D eigenvalue weighted by molar-refractivity contribution is -0.123. The molecule has 0 aliphatic carbocycles. The van der Waals surface area contributed by atoms with Crippen LogP contribution in [0, 0.1) is 0 Å². The highest BCUT2D eigenvalue weighted by molar-refractivity contribution is 5.96. The van der Waals surface area contributed by atoms with Crippen LogP contribution in [0.4, 0.5) is 0 Å². The summed E-state index contributed by atoms with van der Waals surface area (Å²) in [5, 5.41) is 10.2. The summed E-state index contributed by atoms with van der Waals surface area (Å²) in [6, 6.07) is 19.9. The molecule has 3 aromatic carbocycles. The van der Waals surface area contributed by atoms with Crippen molar-refractivity contribution < 1.29 is 33.1 Å². The molecule has 1 fully saturated rings. The number of amides is 2. The number of piperidine rings is 1. The molecule has 3 aliphatic heterocycles. The predicted octanol–water partition coefficient (Wildman–Crippen LogP) is 3.39. The fourth-order valence-electron chi connectivity index (χ4n) is 5.60. The highest BCUT2D eigenvalue weighted by Crippen LogP contribution is 2.33. The van der Waals surface area contributed by atoms with Crippen LogP contribution in [0.3, 0.4) is 0 Å². The number of fused-ring (bicyclic) bond motifs is 7. The molecular weight excluding hydrogens is 590 g/mol. The zero-order valence-electron chi connectivity index (χ0n) is 25.9. The summed E-state index contributed by atoms with van der Waals surface area (Å²) in [5.41, 5.74) is 2.90. The number of rotatable bonds is 6. The maximum atomic E-state index is 13.8. The molecule has 4 heterocycles. The van der Waals surface area contributed by atoms with Gasteiger partial charge >= 0.3 is 0 Å². The van der Waals surface area contributed by atoms with Crippen LogP contribution >= 0.6 is 0 Å². The predicted molar refractivity (Wildman–Crippen MR) is 168 cm³/mol. The van der Waals surface area contributed by atoms with Crippen molar-refractivity contribution in [3.63, 3.8) is 0 Å². The fourth-order valence-corrected chi connectivity index (χ4v) is 5.60. The van der Waals surface area contributed by atoms with Gasteiger partial charge in [-0.2, -0.15) is 4.98 Å². The average Bonchev–Trinajstić information content (AvgIpc) is 3.53. The number of hydrogen-bond acceptors (Lipinski definition) is 10. The maximum absolute atomic E-state index is 13.8. The van der Waals surface area contributed by atoms with Crippen LogP contribution in [0.15, 0.2) is 71.3 Å². The minimum atomic E-state index is -0.344. The molecule has 0 saturated carbocycles. The molecule has 1 saturated heterocycles. The van der Waals surface area contributed by atoms with Crippen LogP contribution in [0.2, 0.25) is 0 Å². The summed E-state index contributed by atoms with van der Waals surface area (Å²) in [4.78, 5) is 33.0. The van der Waals surface area contributed by atoms with Gasteiger partial charge in [0.25, 0.3) is 11.8 Å². The number of nitrogens with one attached hydrogen (secondary N) is 2. The molecule has 12 nitrogen and oxygen atoms in total. The molecule has 2 amide bonds. The molecule has 0 radical (unpaired) electrons. The molecule has 3 aliphatic rings. The van der Waals surface area contributed by atoms with Crippen molar-refractivity contribution in [2.45, 2.75) is 38.1 Å². The van der Waals surface area contributed by atoms with Gasteiger partial charge in [-0.1, -0.05) is 29.4 Å². The van der Waals surface area contributed by atoms with E-state index in [4.69, 9.17) is 23.5 Å². The van der Waals surface area contributed by atoms with Crippen LogP contribution in [0.5, 0.6) is 17.2 Å². The normalized spacial score (nSPS) is 18.8. The van der Waals surface area contributed by atoms with Gasteiger partial charge < -0.3 is 34.1 Å². The van der Waals surface area contributed by atoms with E-state index in [0.29, 0.717) is 80.2 Å². The fraction of sp³-hybridized carbons (Fsp3) is 0.353. The summed E-state index contributed by atoms with van der Waals surface area (Å²) in [7, 11) is 3.22. The Balaban J connectivity index is 1.28. The van der Waals surface area contributed by atoms with Gasteiger partial charge in [0, 0.05) is 44.3 Å². The van der Waals surface area contributed by atoms with Crippen molar-refractivity contribution in [1.82, 2.24) is 25.7 Å². The van der Waals surface area contributed by atoms with Gasteiger partial charge in [-0.15, -0.1) is 0 Å². The second kappa shape index (κ2) is 14.4. The highest BCUT2D eigenvalue weighted by Gasteiger charge is 2.33. The zero-order chi connectivity index (χ0) is 31.9. The van der Waals surface area contributed by atoms with Gasteiger partial charge in [-0.25, -0.2) is 0 Å². The number of nitrogens with zero attached hydrogens (tertiary/aromatic N) is 3. The van der Waals surface area contributed by atoms with E-state index in [1.165, 1.54) is 0 Å². The first-order valence-corrected chi connectivity index (χ1v) is 15.2. The van der Waals surface area contributed by atoms with Gasteiger partial charge in [-0.3, -0.25) is 14.5 Å². The number of aromatic nitrogens is 2. The number of benzene rings is 3. The Labute approximate surface area is 267 Å². The monoisotopic (exact) mass is 627 g/mol. The number of hydrogen-bond donors (Lipinski definition) is 2. The third kappa shape index (κ3) is 7.64. The van der Waals surface area contributed by atoms with E-state index in [-0.39, 0.29) is 30.6 Å². The van der Waals surface area contributed by atoms with Gasteiger partial charge in [0.05, 0.1) is 26.3 Å². The molecule has 2 atom stereocenters. The minimum absolute atomic E-state index is 0.133. The maximum Gasteiger partial charge on any atom is 0.258 e. The molecule has 2 N–H and O–H groups in total. The van der Waals surface area contributed by atoms with Crippen molar-refractivity contribution in [2.75, 3.05) is 40.5 Å². The Hall–Kier alpha value is -4.94. The molecule has 4 aromatic rings. The molecular formula is C34H37N5O7. The topological polar surface area (TPSA) is 137 Å². The molecule has 0 unspecified atom stereocenters. The number of ether oxygens (including phenoxy) is 4. The minimum Gasteiger partial charge on any atom is -0.496 e. The quantitative estimate of drug-likeness (QED) is 0.327. The van der Waals surface area contributed by atoms with E-state index in [0.717, 1.165) is 16.7 Å². The lowest BCUT2D eigenvalue weighted by atomic mass is 9.99. The van der Waals surface area contributed by atoms with Gasteiger partial charge in [0.15, 0.2) is 12.4 Å². The van der Waals surface area contributed by atoms with E-state index in [2.05, 4.69) is 25.7 Å². The summed E-state index contributed by atoms with van der Waals surface area (Å²) >= 11 is 0. The Morgan fingerprint density at radius 2 is 1.87 bits per heavy atom. The third-order valence-corrected chi connectivity index (χ3v) is 8.03. The Morgan fingerprint density at radius 1 is 1.00 bits per heavy atom. The lowest BCUT2D eigenvalue weighted by Crippen LogP contribution is -2.56. The van der Waals surface area contributed by atoms with E-state index in [9.17, 15) is 9.59 Å². The third-order valence-electron chi connectivity index (χ3n) is 8.03. The second-order valence-corrected chi connectivity index (χ2v) is 11.3. The largest absolute Gasteiger partial charge is 0.496 e. The molecule has 12 heteroatoms. The highest BCUT2D eigenvalue weighted by atomic mass is 16.5. The van der Waals surface area contributed by atoms with Crippen LogP contribution in [0.25, 0.3) is 11.1 Å². The van der Waals surface area contributed by atoms with Crippen LogP contribution in [-0.2, 0) is 29.0 Å². The molecule has 6 bridgehead atoms. The first-order chi connectivity index (χ1) is 22.5.